The Labute approximate surface area is 155 Å². The summed E-state index contributed by atoms with van der Waals surface area (Å²) in [5, 5.41) is 3.03. The molecular weight excluding hydrogens is 330 g/mol. The van der Waals surface area contributed by atoms with Crippen LogP contribution in [0.15, 0.2) is 42.6 Å². The van der Waals surface area contributed by atoms with Gasteiger partial charge in [0.2, 0.25) is 0 Å². The molecule has 6 nitrogen and oxygen atoms in total. The highest BCUT2D eigenvalue weighted by Gasteiger charge is 2.16. The van der Waals surface area contributed by atoms with Gasteiger partial charge in [0.15, 0.2) is 0 Å². The molecule has 2 amide bonds. The Morgan fingerprint density at radius 1 is 1.27 bits per heavy atom. The zero-order valence-electron chi connectivity index (χ0n) is 15.9. The van der Waals surface area contributed by atoms with E-state index < -0.39 is 0 Å². The second-order valence-electron chi connectivity index (χ2n) is 6.12. The van der Waals surface area contributed by atoms with Crippen LogP contribution >= 0.6 is 0 Å². The predicted molar refractivity (Wildman–Crippen MR) is 102 cm³/mol. The van der Waals surface area contributed by atoms with Crippen LogP contribution in [0.2, 0.25) is 0 Å². The van der Waals surface area contributed by atoms with Crippen LogP contribution in [0.3, 0.4) is 0 Å². The summed E-state index contributed by atoms with van der Waals surface area (Å²) in [5.74, 6) is 1.46. The third kappa shape index (κ3) is 5.65. The maximum Gasteiger partial charge on any atom is 0.317 e. The Bertz CT molecular complexity index is 721. The number of likely N-dealkylation sites (N-methyl/N-ethyl adjacent to an activating group) is 1. The molecule has 1 heterocycles. The number of ether oxygens (including phenoxy) is 2. The first kappa shape index (κ1) is 19.6. The number of rotatable bonds is 8. The molecule has 1 unspecified atom stereocenters. The number of hydrogen-bond donors (Lipinski definition) is 1. The number of urea groups is 1. The minimum Gasteiger partial charge on any atom is -0.497 e. The molecule has 2 aromatic rings. The highest BCUT2D eigenvalue weighted by atomic mass is 16.5. The summed E-state index contributed by atoms with van der Waals surface area (Å²) < 4.78 is 10.9. The number of methoxy groups -OCH3 is 1. The number of nitrogens with one attached hydrogen (secondary N) is 1. The van der Waals surface area contributed by atoms with E-state index in [1.54, 1.807) is 25.3 Å². The second kappa shape index (κ2) is 9.65. The fourth-order valence-electron chi connectivity index (χ4n) is 2.49. The van der Waals surface area contributed by atoms with Crippen molar-refractivity contribution in [2.75, 3.05) is 27.3 Å². The van der Waals surface area contributed by atoms with Gasteiger partial charge in [-0.1, -0.05) is 13.0 Å². The van der Waals surface area contributed by atoms with Crippen LogP contribution in [0.1, 0.15) is 30.6 Å². The van der Waals surface area contributed by atoms with Crippen molar-refractivity contribution in [3.05, 3.63) is 53.9 Å². The summed E-state index contributed by atoms with van der Waals surface area (Å²) in [6, 6.07) is 11.1. The largest absolute Gasteiger partial charge is 0.497 e. The Hall–Kier alpha value is -2.76. The molecule has 140 valence electrons. The molecule has 1 atom stereocenters. The summed E-state index contributed by atoms with van der Waals surface area (Å²) in [6.07, 6.45) is 2.54. The molecule has 0 saturated heterocycles. The molecule has 0 aliphatic carbocycles. The molecular formula is C20H27N3O3. The number of benzene rings is 1. The molecule has 0 fully saturated rings. The third-order valence-electron chi connectivity index (χ3n) is 4.08. The van der Waals surface area contributed by atoms with E-state index in [9.17, 15) is 4.79 Å². The molecule has 26 heavy (non-hydrogen) atoms. The number of amides is 2. The highest BCUT2D eigenvalue weighted by Crippen LogP contribution is 2.19. The number of pyridine rings is 1. The smallest absolute Gasteiger partial charge is 0.317 e. The Kier molecular flexibility index (Phi) is 7.26. The van der Waals surface area contributed by atoms with Crippen LogP contribution in [-0.2, 0) is 0 Å². The number of hydrogen-bond acceptors (Lipinski definition) is 4. The van der Waals surface area contributed by atoms with Gasteiger partial charge in [0.25, 0.3) is 0 Å². The zero-order valence-corrected chi connectivity index (χ0v) is 15.9. The lowest BCUT2D eigenvalue weighted by atomic mass is 10.1. The number of nitrogens with zero attached hydrogens (tertiary/aromatic N) is 2. The van der Waals surface area contributed by atoms with Crippen LogP contribution in [0, 0.1) is 6.92 Å². The molecule has 2 rings (SSSR count). The standard InChI is InChI=1S/C20H27N3O3/c1-5-18(19-13-15(2)9-10-21-19)22-20(24)23(3)11-12-26-17-8-6-7-16(14-17)25-4/h6-10,13-14,18H,5,11-12H2,1-4H3,(H,22,24). The van der Waals surface area contributed by atoms with Crippen molar-refractivity contribution in [3.8, 4) is 11.5 Å². The van der Waals surface area contributed by atoms with E-state index in [1.807, 2.05) is 50.2 Å². The topological polar surface area (TPSA) is 63.7 Å². The van der Waals surface area contributed by atoms with E-state index in [2.05, 4.69) is 10.3 Å². The van der Waals surface area contributed by atoms with Gasteiger partial charge in [-0.05, 0) is 43.2 Å². The van der Waals surface area contributed by atoms with Crippen LogP contribution in [-0.4, -0.2) is 43.2 Å². The minimum atomic E-state index is -0.144. The van der Waals surface area contributed by atoms with Crippen molar-refractivity contribution in [1.29, 1.82) is 0 Å². The maximum atomic E-state index is 12.4. The van der Waals surface area contributed by atoms with Gasteiger partial charge in [-0.2, -0.15) is 0 Å². The summed E-state index contributed by atoms with van der Waals surface area (Å²) in [6.45, 7) is 4.92. The minimum absolute atomic E-state index is 0.107. The van der Waals surface area contributed by atoms with Crippen LogP contribution < -0.4 is 14.8 Å². The van der Waals surface area contributed by atoms with E-state index >= 15 is 0 Å². The molecule has 0 radical (unpaired) electrons. The van der Waals surface area contributed by atoms with Crippen molar-refractivity contribution in [1.82, 2.24) is 15.2 Å². The molecule has 6 heteroatoms. The first-order valence-corrected chi connectivity index (χ1v) is 8.74. The monoisotopic (exact) mass is 357 g/mol. The first-order chi connectivity index (χ1) is 12.5. The highest BCUT2D eigenvalue weighted by molar-refractivity contribution is 5.74. The number of aryl methyl sites for hydroxylation is 1. The van der Waals surface area contributed by atoms with Gasteiger partial charge in [0.1, 0.15) is 18.1 Å². The second-order valence-corrected chi connectivity index (χ2v) is 6.12. The van der Waals surface area contributed by atoms with E-state index in [4.69, 9.17) is 9.47 Å². The Balaban J connectivity index is 1.84. The fourth-order valence-corrected chi connectivity index (χ4v) is 2.49. The molecule has 0 spiro atoms. The van der Waals surface area contributed by atoms with Crippen molar-refractivity contribution in [2.24, 2.45) is 0 Å². The van der Waals surface area contributed by atoms with Gasteiger partial charge >= 0.3 is 6.03 Å². The lowest BCUT2D eigenvalue weighted by Crippen LogP contribution is -2.41. The summed E-state index contributed by atoms with van der Waals surface area (Å²) >= 11 is 0. The van der Waals surface area contributed by atoms with E-state index in [0.29, 0.717) is 18.9 Å². The third-order valence-corrected chi connectivity index (χ3v) is 4.08. The first-order valence-electron chi connectivity index (χ1n) is 8.74. The van der Waals surface area contributed by atoms with Crippen molar-refractivity contribution in [2.45, 2.75) is 26.3 Å². The Morgan fingerprint density at radius 2 is 2.04 bits per heavy atom. The normalized spacial score (nSPS) is 11.5. The zero-order chi connectivity index (χ0) is 18.9. The maximum absolute atomic E-state index is 12.4. The SMILES string of the molecule is CCC(NC(=O)N(C)CCOc1cccc(OC)c1)c1cc(C)ccn1. The van der Waals surface area contributed by atoms with Crippen LogP contribution in [0.5, 0.6) is 11.5 Å². The van der Waals surface area contributed by atoms with Crippen molar-refractivity contribution >= 4 is 6.03 Å². The summed E-state index contributed by atoms with van der Waals surface area (Å²) in [7, 11) is 3.37. The van der Waals surface area contributed by atoms with Gasteiger partial charge in [-0.25, -0.2) is 4.79 Å². The van der Waals surface area contributed by atoms with Crippen LogP contribution in [0.4, 0.5) is 4.79 Å². The van der Waals surface area contributed by atoms with Gasteiger partial charge in [-0.15, -0.1) is 0 Å². The van der Waals surface area contributed by atoms with Gasteiger partial charge in [0, 0.05) is 19.3 Å². The summed E-state index contributed by atoms with van der Waals surface area (Å²) in [4.78, 5) is 18.4. The van der Waals surface area contributed by atoms with Gasteiger partial charge in [0.05, 0.1) is 25.4 Å². The molecule has 0 bridgehead atoms. The fraction of sp³-hybridized carbons (Fsp3) is 0.400. The van der Waals surface area contributed by atoms with E-state index in [1.165, 1.54) is 0 Å². The summed E-state index contributed by atoms with van der Waals surface area (Å²) in [5.41, 5.74) is 2.00. The quantitative estimate of drug-likeness (QED) is 0.784. The Morgan fingerprint density at radius 3 is 2.73 bits per heavy atom. The number of carbonyl (C=O) groups excluding carboxylic acids is 1. The number of carbonyl (C=O) groups is 1. The lowest BCUT2D eigenvalue weighted by molar-refractivity contribution is 0.191. The molecule has 1 aromatic carbocycles. The van der Waals surface area contributed by atoms with E-state index in [0.717, 1.165) is 23.4 Å². The van der Waals surface area contributed by atoms with Gasteiger partial charge in [-0.3, -0.25) is 4.98 Å². The van der Waals surface area contributed by atoms with Crippen molar-refractivity contribution in [3.63, 3.8) is 0 Å². The average molecular weight is 357 g/mol. The molecule has 0 aliphatic heterocycles. The molecule has 1 aromatic heterocycles. The lowest BCUT2D eigenvalue weighted by Gasteiger charge is -2.23. The van der Waals surface area contributed by atoms with E-state index in [-0.39, 0.29) is 12.1 Å². The van der Waals surface area contributed by atoms with Crippen LogP contribution in [0.25, 0.3) is 0 Å². The average Bonchev–Trinajstić information content (AvgIpc) is 2.65. The molecule has 1 N–H and O–H groups in total. The number of aromatic nitrogens is 1. The van der Waals surface area contributed by atoms with Gasteiger partial charge < -0.3 is 19.7 Å². The molecule has 0 aliphatic rings. The predicted octanol–water partition coefficient (Wildman–Crippen LogP) is 3.57. The molecule has 0 saturated carbocycles. The van der Waals surface area contributed by atoms with Crippen molar-refractivity contribution < 1.29 is 14.3 Å².